The maximum Gasteiger partial charge on any atom is 0.338 e. The SMILES string of the molecule is CCOC(=O)C1=C(c2ccccc2)N=c2sc(=Cc3ccc(-c4ccc(C(=O)O)c(Cl)c4)o3)c(=O)n2[C@@H]1c1ccc(Cl)cc1. The second kappa shape index (κ2) is 12.1. The summed E-state index contributed by atoms with van der Waals surface area (Å²) in [5, 5.41) is 9.85. The van der Waals surface area contributed by atoms with E-state index in [4.69, 9.17) is 37.3 Å². The van der Waals surface area contributed by atoms with Crippen LogP contribution in [0.4, 0.5) is 0 Å². The van der Waals surface area contributed by atoms with Gasteiger partial charge < -0.3 is 14.3 Å². The van der Waals surface area contributed by atoms with Crippen LogP contribution in [0.15, 0.2) is 105 Å². The number of aromatic carboxylic acids is 1. The summed E-state index contributed by atoms with van der Waals surface area (Å²) in [6.45, 7) is 1.87. The molecule has 2 aromatic heterocycles. The van der Waals surface area contributed by atoms with Gasteiger partial charge in [0.25, 0.3) is 5.56 Å². The number of hydrogen-bond donors (Lipinski definition) is 1. The van der Waals surface area contributed by atoms with Crippen LogP contribution in [0, 0.1) is 0 Å². The molecule has 0 saturated heterocycles. The topological polar surface area (TPSA) is 111 Å². The van der Waals surface area contributed by atoms with Gasteiger partial charge in [0, 0.05) is 22.2 Å². The molecule has 0 spiro atoms. The first kappa shape index (κ1) is 29.4. The molecule has 1 N–H and O–H groups in total. The lowest BCUT2D eigenvalue weighted by Crippen LogP contribution is -2.39. The van der Waals surface area contributed by atoms with Crippen molar-refractivity contribution in [1.29, 1.82) is 0 Å². The van der Waals surface area contributed by atoms with Crippen LogP contribution >= 0.6 is 34.5 Å². The van der Waals surface area contributed by atoms with Gasteiger partial charge in [0.2, 0.25) is 0 Å². The summed E-state index contributed by atoms with van der Waals surface area (Å²) >= 11 is 13.5. The number of nitrogens with zero attached hydrogens (tertiary/aromatic N) is 2. The number of thiazole rings is 1. The van der Waals surface area contributed by atoms with Crippen molar-refractivity contribution in [2.75, 3.05) is 6.61 Å². The summed E-state index contributed by atoms with van der Waals surface area (Å²) in [6.07, 6.45) is 1.61. The number of halogens is 2. The molecule has 0 saturated carbocycles. The highest BCUT2D eigenvalue weighted by Crippen LogP contribution is 2.35. The fourth-order valence-corrected chi connectivity index (χ4v) is 6.33. The first-order valence-electron chi connectivity index (χ1n) is 13.4. The number of ether oxygens (including phenoxy) is 1. The largest absolute Gasteiger partial charge is 0.478 e. The Kier molecular flexibility index (Phi) is 8.09. The number of furan rings is 1. The molecule has 0 amide bonds. The minimum Gasteiger partial charge on any atom is -0.478 e. The zero-order valence-corrected chi connectivity index (χ0v) is 25.3. The van der Waals surface area contributed by atoms with Gasteiger partial charge in [0.1, 0.15) is 11.5 Å². The molecule has 6 rings (SSSR count). The molecule has 1 aliphatic rings. The molecule has 1 atom stereocenters. The number of rotatable bonds is 7. The second-order valence-electron chi connectivity index (χ2n) is 9.68. The molecule has 0 radical (unpaired) electrons. The van der Waals surface area contributed by atoms with Gasteiger partial charge >= 0.3 is 11.9 Å². The maximum atomic E-state index is 14.0. The van der Waals surface area contributed by atoms with Crippen molar-refractivity contribution >= 4 is 58.3 Å². The standard InChI is InChI=1S/C33H22Cl2N2O6S/c1-2-42-32(41)27-28(18-6-4-3-5-7-18)36-33-37(29(27)19-8-11-21(34)12-9-19)30(38)26(44-33)17-22-13-15-25(43-22)20-10-14-23(31(39)40)24(35)16-20/h3-17,29H,2H2,1H3,(H,39,40)/t29-/m1/s1. The van der Waals surface area contributed by atoms with Crippen molar-refractivity contribution < 1.29 is 23.8 Å². The summed E-state index contributed by atoms with van der Waals surface area (Å²) in [6, 6.07) is 23.3. The van der Waals surface area contributed by atoms with E-state index in [-0.39, 0.29) is 28.3 Å². The number of benzene rings is 3. The summed E-state index contributed by atoms with van der Waals surface area (Å²) in [7, 11) is 0. The third-order valence-electron chi connectivity index (χ3n) is 6.94. The molecule has 3 aromatic carbocycles. The van der Waals surface area contributed by atoms with Crippen LogP contribution in [0.3, 0.4) is 0 Å². The zero-order valence-electron chi connectivity index (χ0n) is 23.0. The van der Waals surface area contributed by atoms with E-state index in [2.05, 4.69) is 0 Å². The lowest BCUT2D eigenvalue weighted by molar-refractivity contribution is -0.138. The maximum absolute atomic E-state index is 14.0. The second-order valence-corrected chi connectivity index (χ2v) is 11.5. The Balaban J connectivity index is 1.52. The van der Waals surface area contributed by atoms with Crippen molar-refractivity contribution in [3.8, 4) is 11.3 Å². The van der Waals surface area contributed by atoms with Crippen molar-refractivity contribution in [3.05, 3.63) is 143 Å². The van der Waals surface area contributed by atoms with Crippen molar-refractivity contribution in [1.82, 2.24) is 4.57 Å². The smallest absolute Gasteiger partial charge is 0.338 e. The van der Waals surface area contributed by atoms with Gasteiger partial charge in [-0.05, 0) is 48.9 Å². The number of carbonyl (C=O) groups excluding carboxylic acids is 1. The molecule has 44 heavy (non-hydrogen) atoms. The Labute approximate surface area is 264 Å². The Hall–Kier alpha value is -4.70. The predicted molar refractivity (Wildman–Crippen MR) is 169 cm³/mol. The van der Waals surface area contributed by atoms with Gasteiger partial charge in [-0.1, -0.05) is 83.1 Å². The quantitative estimate of drug-likeness (QED) is 0.211. The van der Waals surface area contributed by atoms with E-state index >= 15 is 0 Å². The third-order valence-corrected chi connectivity index (χ3v) is 8.49. The van der Waals surface area contributed by atoms with Gasteiger partial charge in [-0.25, -0.2) is 14.6 Å². The van der Waals surface area contributed by atoms with Crippen LogP contribution in [-0.4, -0.2) is 28.2 Å². The number of hydrogen-bond acceptors (Lipinski definition) is 7. The van der Waals surface area contributed by atoms with E-state index < -0.39 is 18.0 Å². The first-order valence-corrected chi connectivity index (χ1v) is 15.0. The van der Waals surface area contributed by atoms with Crippen molar-refractivity contribution in [3.63, 3.8) is 0 Å². The summed E-state index contributed by atoms with van der Waals surface area (Å²) in [4.78, 5) is 44.1. The van der Waals surface area contributed by atoms with E-state index in [1.807, 2.05) is 30.3 Å². The lowest BCUT2D eigenvalue weighted by Gasteiger charge is -2.25. The highest BCUT2D eigenvalue weighted by molar-refractivity contribution is 7.07. The van der Waals surface area contributed by atoms with E-state index in [1.54, 1.807) is 55.5 Å². The van der Waals surface area contributed by atoms with Crippen LogP contribution in [-0.2, 0) is 9.53 Å². The molecule has 3 heterocycles. The highest BCUT2D eigenvalue weighted by Gasteiger charge is 2.35. The third kappa shape index (κ3) is 5.53. The molecule has 5 aromatic rings. The first-order chi connectivity index (χ1) is 21.2. The number of esters is 1. The van der Waals surface area contributed by atoms with Gasteiger partial charge in [0.15, 0.2) is 4.80 Å². The van der Waals surface area contributed by atoms with Gasteiger partial charge in [-0.2, -0.15) is 0 Å². The fraction of sp³-hybridized carbons (Fsp3) is 0.0909. The summed E-state index contributed by atoms with van der Waals surface area (Å²) < 4.78 is 13.3. The predicted octanol–water partition coefficient (Wildman–Crippen LogP) is 6.20. The lowest BCUT2D eigenvalue weighted by atomic mass is 9.93. The van der Waals surface area contributed by atoms with E-state index in [1.165, 1.54) is 28.0 Å². The molecule has 11 heteroatoms. The molecule has 0 unspecified atom stereocenters. The summed E-state index contributed by atoms with van der Waals surface area (Å²) in [5.74, 6) is -0.874. The molecule has 8 nitrogen and oxygen atoms in total. The minimum absolute atomic E-state index is 0.0180. The summed E-state index contributed by atoms with van der Waals surface area (Å²) in [5.41, 5.74) is 2.21. The number of carbonyl (C=O) groups is 2. The van der Waals surface area contributed by atoms with Crippen LogP contribution in [0.5, 0.6) is 0 Å². The monoisotopic (exact) mass is 644 g/mol. The van der Waals surface area contributed by atoms with Gasteiger partial charge in [-0.15, -0.1) is 0 Å². The molecule has 0 fully saturated rings. The number of carboxylic acids is 1. The Morgan fingerprint density at radius 1 is 1.02 bits per heavy atom. The molecule has 220 valence electrons. The number of carboxylic acid groups (broad SMARTS) is 1. The van der Waals surface area contributed by atoms with E-state index in [0.717, 1.165) is 0 Å². The van der Waals surface area contributed by atoms with Crippen molar-refractivity contribution in [2.24, 2.45) is 4.99 Å². The Morgan fingerprint density at radius 2 is 1.77 bits per heavy atom. The average molecular weight is 646 g/mol. The van der Waals surface area contributed by atoms with E-state index in [9.17, 15) is 19.5 Å². The molecular formula is C33H22Cl2N2O6S. The van der Waals surface area contributed by atoms with Crippen LogP contribution in [0.2, 0.25) is 10.0 Å². The number of fused-ring (bicyclic) bond motifs is 1. The Morgan fingerprint density at radius 3 is 2.45 bits per heavy atom. The van der Waals surface area contributed by atoms with Gasteiger partial charge in [0.05, 0.1) is 39.0 Å². The molecule has 0 aliphatic carbocycles. The fourth-order valence-electron chi connectivity index (χ4n) is 4.96. The zero-order chi connectivity index (χ0) is 31.0. The van der Waals surface area contributed by atoms with E-state index in [0.29, 0.717) is 48.3 Å². The highest BCUT2D eigenvalue weighted by atomic mass is 35.5. The van der Waals surface area contributed by atoms with Crippen LogP contribution < -0.4 is 14.9 Å². The van der Waals surface area contributed by atoms with Crippen LogP contribution in [0.25, 0.3) is 23.1 Å². The van der Waals surface area contributed by atoms with Crippen LogP contribution in [0.1, 0.15) is 40.2 Å². The Bertz CT molecular complexity index is 2130. The minimum atomic E-state index is -1.13. The normalized spacial score (nSPS) is 14.7. The number of aromatic nitrogens is 1. The molecule has 1 aliphatic heterocycles. The van der Waals surface area contributed by atoms with Crippen molar-refractivity contribution in [2.45, 2.75) is 13.0 Å². The molecular weight excluding hydrogens is 623 g/mol. The van der Waals surface area contributed by atoms with Gasteiger partial charge in [-0.3, -0.25) is 9.36 Å². The average Bonchev–Trinajstić information content (AvgIpc) is 3.61. The molecule has 0 bridgehead atoms.